The average Bonchev–Trinajstić information content (AvgIpc) is 2.37. The Balaban J connectivity index is 3.00. The molecular weight excluding hydrogens is 282 g/mol. The Morgan fingerprint density at radius 1 is 1.30 bits per heavy atom. The summed E-state index contributed by atoms with van der Waals surface area (Å²) in [6, 6.07) is 3.44. The summed E-state index contributed by atoms with van der Waals surface area (Å²) in [5.74, 6) is -3.96. The summed E-state index contributed by atoms with van der Waals surface area (Å²) in [6.07, 6.45) is -5.74. The highest BCUT2D eigenvalue weighted by molar-refractivity contribution is 5.83. The standard InChI is InChI=1S/C12H11F4NO3/c1-20-10(18)6-9(17-11(19)12(14,15)16)7-4-2-3-5-8(7)13/h2-5,9H,6H2,1H3,(H,17,19)/t9-/m0/s1. The average molecular weight is 293 g/mol. The fourth-order valence-electron chi connectivity index (χ4n) is 1.49. The maximum Gasteiger partial charge on any atom is 0.471 e. The van der Waals surface area contributed by atoms with E-state index in [2.05, 4.69) is 4.74 Å². The molecule has 0 heterocycles. The first-order chi connectivity index (χ1) is 9.25. The molecule has 1 N–H and O–H groups in total. The minimum Gasteiger partial charge on any atom is -0.469 e. The van der Waals surface area contributed by atoms with Crippen LogP contribution in [0.25, 0.3) is 0 Å². The topological polar surface area (TPSA) is 55.4 Å². The van der Waals surface area contributed by atoms with Gasteiger partial charge in [-0.25, -0.2) is 4.39 Å². The Hall–Kier alpha value is -2.12. The minimum atomic E-state index is -5.13. The number of hydrogen-bond acceptors (Lipinski definition) is 3. The summed E-state index contributed by atoms with van der Waals surface area (Å²) in [4.78, 5) is 22.1. The van der Waals surface area contributed by atoms with Crippen molar-refractivity contribution in [3.63, 3.8) is 0 Å². The molecule has 0 bridgehead atoms. The molecule has 0 saturated carbocycles. The van der Waals surface area contributed by atoms with Gasteiger partial charge in [-0.2, -0.15) is 13.2 Å². The van der Waals surface area contributed by atoms with Gasteiger partial charge in [0.05, 0.1) is 19.6 Å². The van der Waals surface area contributed by atoms with Crippen LogP contribution in [-0.2, 0) is 14.3 Å². The number of benzene rings is 1. The molecule has 20 heavy (non-hydrogen) atoms. The van der Waals surface area contributed by atoms with E-state index < -0.39 is 36.3 Å². The van der Waals surface area contributed by atoms with Gasteiger partial charge in [-0.05, 0) is 6.07 Å². The van der Waals surface area contributed by atoms with E-state index in [0.29, 0.717) is 0 Å². The number of halogens is 4. The lowest BCUT2D eigenvalue weighted by atomic mass is 10.0. The zero-order valence-electron chi connectivity index (χ0n) is 10.3. The molecule has 8 heteroatoms. The van der Waals surface area contributed by atoms with Gasteiger partial charge in [-0.15, -0.1) is 0 Å². The maximum atomic E-state index is 13.6. The third kappa shape index (κ3) is 4.22. The maximum absolute atomic E-state index is 13.6. The number of rotatable bonds is 4. The van der Waals surface area contributed by atoms with Crippen LogP contribution in [0.15, 0.2) is 24.3 Å². The van der Waals surface area contributed by atoms with Crippen molar-refractivity contribution in [2.45, 2.75) is 18.6 Å². The molecule has 0 fully saturated rings. The van der Waals surface area contributed by atoms with Gasteiger partial charge < -0.3 is 10.1 Å². The SMILES string of the molecule is COC(=O)C[C@H](NC(=O)C(F)(F)F)c1ccccc1F. The van der Waals surface area contributed by atoms with Gasteiger partial charge in [0.25, 0.3) is 0 Å². The van der Waals surface area contributed by atoms with Crippen LogP contribution >= 0.6 is 0 Å². The first-order valence-electron chi connectivity index (χ1n) is 5.44. The molecule has 0 aromatic heterocycles. The van der Waals surface area contributed by atoms with Crippen molar-refractivity contribution < 1.29 is 31.9 Å². The van der Waals surface area contributed by atoms with Gasteiger partial charge in [-0.3, -0.25) is 9.59 Å². The van der Waals surface area contributed by atoms with Crippen LogP contribution in [0.2, 0.25) is 0 Å². The van der Waals surface area contributed by atoms with Crippen molar-refractivity contribution in [2.24, 2.45) is 0 Å². The van der Waals surface area contributed by atoms with Gasteiger partial charge in [0.15, 0.2) is 0 Å². The molecule has 1 aromatic carbocycles. The van der Waals surface area contributed by atoms with Crippen LogP contribution in [-0.4, -0.2) is 25.2 Å². The highest BCUT2D eigenvalue weighted by Crippen LogP contribution is 2.23. The molecule has 0 saturated heterocycles. The fraction of sp³-hybridized carbons (Fsp3) is 0.333. The van der Waals surface area contributed by atoms with Gasteiger partial charge in [0.1, 0.15) is 5.82 Å². The second-order valence-corrected chi connectivity index (χ2v) is 3.83. The molecule has 0 aliphatic carbocycles. The van der Waals surface area contributed by atoms with E-state index in [0.717, 1.165) is 13.2 Å². The quantitative estimate of drug-likeness (QED) is 0.683. The molecule has 0 unspecified atom stereocenters. The van der Waals surface area contributed by atoms with Gasteiger partial charge in [0, 0.05) is 5.56 Å². The predicted octanol–water partition coefficient (Wildman–Crippen LogP) is 2.11. The van der Waals surface area contributed by atoms with Gasteiger partial charge in [0.2, 0.25) is 0 Å². The minimum absolute atomic E-state index is 0.226. The van der Waals surface area contributed by atoms with E-state index >= 15 is 0 Å². The zero-order valence-corrected chi connectivity index (χ0v) is 10.3. The molecule has 0 aliphatic heterocycles. The number of alkyl halides is 3. The number of amides is 1. The van der Waals surface area contributed by atoms with E-state index in [4.69, 9.17) is 0 Å². The Bertz CT molecular complexity index is 502. The van der Waals surface area contributed by atoms with E-state index in [1.165, 1.54) is 18.2 Å². The smallest absolute Gasteiger partial charge is 0.469 e. The number of esters is 1. The Morgan fingerprint density at radius 2 is 1.90 bits per heavy atom. The molecule has 0 radical (unpaired) electrons. The molecule has 1 atom stereocenters. The van der Waals surface area contributed by atoms with E-state index in [9.17, 15) is 27.2 Å². The molecule has 0 spiro atoms. The number of methoxy groups -OCH3 is 1. The van der Waals surface area contributed by atoms with Gasteiger partial charge >= 0.3 is 18.1 Å². The molecule has 110 valence electrons. The van der Waals surface area contributed by atoms with Crippen LogP contribution < -0.4 is 5.32 Å². The largest absolute Gasteiger partial charge is 0.471 e. The van der Waals surface area contributed by atoms with Crippen molar-refractivity contribution in [1.29, 1.82) is 0 Å². The van der Waals surface area contributed by atoms with Crippen LogP contribution in [0, 0.1) is 5.82 Å². The Kier molecular flexibility index (Phi) is 5.06. The molecular formula is C12H11F4NO3. The Labute approximate surface area is 111 Å². The van der Waals surface area contributed by atoms with Crippen LogP contribution in [0.3, 0.4) is 0 Å². The van der Waals surface area contributed by atoms with E-state index in [1.807, 2.05) is 0 Å². The van der Waals surface area contributed by atoms with Crippen molar-refractivity contribution in [3.8, 4) is 0 Å². The number of hydrogen-bond donors (Lipinski definition) is 1. The van der Waals surface area contributed by atoms with Crippen molar-refractivity contribution in [2.75, 3.05) is 7.11 Å². The first-order valence-corrected chi connectivity index (χ1v) is 5.44. The third-order valence-corrected chi connectivity index (χ3v) is 2.44. The summed E-state index contributed by atoms with van der Waals surface area (Å²) in [7, 11) is 1.03. The Morgan fingerprint density at radius 3 is 2.40 bits per heavy atom. The summed E-state index contributed by atoms with van der Waals surface area (Å²) >= 11 is 0. The van der Waals surface area contributed by atoms with Crippen molar-refractivity contribution in [3.05, 3.63) is 35.6 Å². The molecule has 1 amide bonds. The normalized spacial score (nSPS) is 12.7. The van der Waals surface area contributed by atoms with Crippen molar-refractivity contribution in [1.82, 2.24) is 5.32 Å². The lowest BCUT2D eigenvalue weighted by molar-refractivity contribution is -0.174. The van der Waals surface area contributed by atoms with E-state index in [-0.39, 0.29) is 5.56 Å². The summed E-state index contributed by atoms with van der Waals surface area (Å²) in [5.41, 5.74) is -0.226. The second kappa shape index (κ2) is 6.36. The van der Waals surface area contributed by atoms with Crippen molar-refractivity contribution >= 4 is 11.9 Å². The first kappa shape index (κ1) is 15.9. The number of ether oxygens (including phenoxy) is 1. The third-order valence-electron chi connectivity index (χ3n) is 2.44. The molecule has 4 nitrogen and oxygen atoms in total. The summed E-state index contributed by atoms with van der Waals surface area (Å²) < 4.78 is 54.5. The number of carbonyl (C=O) groups is 2. The highest BCUT2D eigenvalue weighted by Gasteiger charge is 2.40. The monoisotopic (exact) mass is 293 g/mol. The van der Waals surface area contributed by atoms with Crippen LogP contribution in [0.4, 0.5) is 17.6 Å². The summed E-state index contributed by atoms with van der Waals surface area (Å²) in [5, 5.41) is 1.57. The predicted molar refractivity (Wildman–Crippen MR) is 60.0 cm³/mol. The zero-order chi connectivity index (χ0) is 15.3. The van der Waals surface area contributed by atoms with Crippen LogP contribution in [0.1, 0.15) is 18.0 Å². The molecule has 1 rings (SSSR count). The molecule has 0 aliphatic rings. The second-order valence-electron chi connectivity index (χ2n) is 3.83. The lowest BCUT2D eigenvalue weighted by Crippen LogP contribution is -2.40. The van der Waals surface area contributed by atoms with Crippen LogP contribution in [0.5, 0.6) is 0 Å². The fourth-order valence-corrected chi connectivity index (χ4v) is 1.49. The number of carbonyl (C=O) groups excluding carboxylic acids is 2. The number of nitrogens with one attached hydrogen (secondary N) is 1. The molecule has 1 aromatic rings. The highest BCUT2D eigenvalue weighted by atomic mass is 19.4. The summed E-state index contributed by atoms with van der Waals surface area (Å²) in [6.45, 7) is 0. The van der Waals surface area contributed by atoms with E-state index in [1.54, 1.807) is 5.32 Å². The lowest BCUT2D eigenvalue weighted by Gasteiger charge is -2.19. The van der Waals surface area contributed by atoms with Gasteiger partial charge in [-0.1, -0.05) is 18.2 Å².